The largest absolute Gasteiger partial charge is 0.455 e. The van der Waals surface area contributed by atoms with Gasteiger partial charge in [0, 0.05) is 5.57 Å². The molecule has 2 aliphatic heterocycles. The van der Waals surface area contributed by atoms with Crippen LogP contribution >= 0.6 is 0 Å². The molecule has 0 aromatic rings. The summed E-state index contributed by atoms with van der Waals surface area (Å²) in [7, 11) is 0. The SMILES string of the molecule is CCCCCCCCCCCC[C@H](O)[C@@H]1CC[C@H]([C@H](O)CCCCCCCCCCCCC2=C[C@@H](C)OC2=O)O1. The van der Waals surface area contributed by atoms with Gasteiger partial charge < -0.3 is 19.7 Å². The van der Waals surface area contributed by atoms with Crippen LogP contribution in [0, 0.1) is 0 Å². The number of carbonyl (C=O) groups excluding carboxylic acids is 1. The van der Waals surface area contributed by atoms with Gasteiger partial charge in [-0.05, 0) is 51.5 Å². The van der Waals surface area contributed by atoms with E-state index in [-0.39, 0.29) is 36.5 Å². The highest BCUT2D eigenvalue weighted by molar-refractivity contribution is 5.90. The Morgan fingerprint density at radius 3 is 1.48 bits per heavy atom. The van der Waals surface area contributed by atoms with E-state index >= 15 is 0 Å². The molecule has 2 heterocycles. The summed E-state index contributed by atoms with van der Waals surface area (Å²) < 4.78 is 11.2. The van der Waals surface area contributed by atoms with Crippen molar-refractivity contribution in [3.8, 4) is 0 Å². The monoisotopic (exact) mass is 564 g/mol. The van der Waals surface area contributed by atoms with Crippen molar-refractivity contribution >= 4 is 5.97 Å². The van der Waals surface area contributed by atoms with Crippen LogP contribution in [0.1, 0.15) is 174 Å². The van der Waals surface area contributed by atoms with Gasteiger partial charge in [-0.25, -0.2) is 4.79 Å². The zero-order valence-electron chi connectivity index (χ0n) is 26.3. The van der Waals surface area contributed by atoms with Crippen molar-refractivity contribution in [1.29, 1.82) is 0 Å². The zero-order valence-corrected chi connectivity index (χ0v) is 26.3. The normalized spacial score (nSPS) is 22.4. The van der Waals surface area contributed by atoms with Crippen molar-refractivity contribution in [2.75, 3.05) is 0 Å². The van der Waals surface area contributed by atoms with Crippen molar-refractivity contribution < 1.29 is 24.5 Å². The number of aliphatic hydroxyl groups is 2. The molecule has 40 heavy (non-hydrogen) atoms. The van der Waals surface area contributed by atoms with Crippen LogP contribution in [0.25, 0.3) is 0 Å². The van der Waals surface area contributed by atoms with Gasteiger partial charge in [0.25, 0.3) is 0 Å². The molecule has 0 spiro atoms. The first-order valence-electron chi connectivity index (χ1n) is 17.4. The van der Waals surface area contributed by atoms with Gasteiger partial charge in [-0.1, -0.05) is 129 Å². The molecule has 0 saturated carbocycles. The molecule has 234 valence electrons. The Balaban J connectivity index is 1.35. The summed E-state index contributed by atoms with van der Waals surface area (Å²) in [5.41, 5.74) is 0.870. The van der Waals surface area contributed by atoms with E-state index < -0.39 is 0 Å². The van der Waals surface area contributed by atoms with Crippen LogP contribution in [0.5, 0.6) is 0 Å². The number of ether oxygens (including phenoxy) is 2. The maximum absolute atomic E-state index is 11.6. The van der Waals surface area contributed by atoms with E-state index in [9.17, 15) is 15.0 Å². The Labute approximate surface area is 246 Å². The molecular formula is C35H64O5. The lowest BCUT2D eigenvalue weighted by atomic mass is 10.00. The van der Waals surface area contributed by atoms with Gasteiger partial charge in [-0.15, -0.1) is 0 Å². The van der Waals surface area contributed by atoms with Crippen molar-refractivity contribution in [1.82, 2.24) is 0 Å². The fourth-order valence-electron chi connectivity index (χ4n) is 6.37. The lowest BCUT2D eigenvalue weighted by Crippen LogP contribution is -2.31. The van der Waals surface area contributed by atoms with Crippen LogP contribution in [0.3, 0.4) is 0 Å². The van der Waals surface area contributed by atoms with Gasteiger partial charge in [-0.3, -0.25) is 0 Å². The number of esters is 1. The summed E-state index contributed by atoms with van der Waals surface area (Å²) in [5.74, 6) is -0.117. The van der Waals surface area contributed by atoms with E-state index in [1.807, 2.05) is 13.0 Å². The standard InChI is InChI=1S/C35H64O5/c1-3-4-5-6-7-8-12-15-18-21-24-31(36)33-26-27-34(40-33)32(37)25-22-19-16-13-10-9-11-14-17-20-23-30-28-29(2)39-35(30)38/h28-29,31-34,36-37H,3-27H2,1-2H3/t29-,31+,32-,33+,34-/m1/s1. The maximum atomic E-state index is 11.6. The minimum atomic E-state index is -0.389. The molecule has 0 aromatic carbocycles. The Hall–Kier alpha value is -0.910. The highest BCUT2D eigenvalue weighted by Gasteiger charge is 2.34. The summed E-state index contributed by atoms with van der Waals surface area (Å²) in [6, 6.07) is 0. The van der Waals surface area contributed by atoms with E-state index in [0.717, 1.165) is 56.9 Å². The summed E-state index contributed by atoms with van der Waals surface area (Å²) in [6.45, 7) is 4.18. The lowest BCUT2D eigenvalue weighted by Gasteiger charge is -2.22. The summed E-state index contributed by atoms with van der Waals surface area (Å²) in [5, 5.41) is 21.2. The molecule has 0 aromatic heterocycles. The van der Waals surface area contributed by atoms with Crippen molar-refractivity contribution in [3.05, 3.63) is 11.6 Å². The maximum Gasteiger partial charge on any atom is 0.334 e. The van der Waals surface area contributed by atoms with E-state index in [1.165, 1.54) is 109 Å². The molecule has 0 radical (unpaired) electrons. The molecule has 5 nitrogen and oxygen atoms in total. The minimum absolute atomic E-state index is 0.0443. The second-order valence-electron chi connectivity index (χ2n) is 12.8. The van der Waals surface area contributed by atoms with Crippen molar-refractivity contribution in [2.45, 2.75) is 205 Å². The Bertz CT molecular complexity index is 662. The third-order valence-corrected chi connectivity index (χ3v) is 8.98. The van der Waals surface area contributed by atoms with Gasteiger partial charge in [0.1, 0.15) is 6.10 Å². The average molecular weight is 565 g/mol. The summed E-state index contributed by atoms with van der Waals surface area (Å²) >= 11 is 0. The predicted molar refractivity (Wildman–Crippen MR) is 165 cm³/mol. The van der Waals surface area contributed by atoms with Crippen LogP contribution in [0.15, 0.2) is 11.6 Å². The number of unbranched alkanes of at least 4 members (excludes halogenated alkanes) is 18. The van der Waals surface area contributed by atoms with E-state index in [0.29, 0.717) is 0 Å². The molecule has 2 rings (SSSR count). The fourth-order valence-corrected chi connectivity index (χ4v) is 6.37. The molecule has 2 aliphatic rings. The van der Waals surface area contributed by atoms with Gasteiger partial charge >= 0.3 is 5.97 Å². The number of hydrogen-bond donors (Lipinski definition) is 2. The van der Waals surface area contributed by atoms with Crippen LogP contribution < -0.4 is 0 Å². The van der Waals surface area contributed by atoms with Gasteiger partial charge in [0.2, 0.25) is 0 Å². The molecular weight excluding hydrogens is 500 g/mol. The van der Waals surface area contributed by atoms with Crippen molar-refractivity contribution in [3.63, 3.8) is 0 Å². The molecule has 0 bridgehead atoms. The average Bonchev–Trinajstić information content (AvgIpc) is 3.56. The highest BCUT2D eigenvalue weighted by atomic mass is 16.5. The van der Waals surface area contributed by atoms with Gasteiger partial charge in [-0.2, -0.15) is 0 Å². The highest BCUT2D eigenvalue weighted by Crippen LogP contribution is 2.28. The predicted octanol–water partition coefficient (Wildman–Crippen LogP) is 9.12. The Morgan fingerprint density at radius 1 is 0.675 bits per heavy atom. The molecule has 0 aliphatic carbocycles. The lowest BCUT2D eigenvalue weighted by molar-refractivity contribution is -0.139. The number of aliphatic hydroxyl groups excluding tert-OH is 2. The van der Waals surface area contributed by atoms with Gasteiger partial charge in [0.05, 0.1) is 24.4 Å². The molecule has 1 saturated heterocycles. The molecule has 5 heteroatoms. The van der Waals surface area contributed by atoms with E-state index in [1.54, 1.807) is 0 Å². The molecule has 0 unspecified atom stereocenters. The second-order valence-corrected chi connectivity index (χ2v) is 12.8. The molecule has 0 amide bonds. The molecule has 5 atom stereocenters. The third kappa shape index (κ3) is 15.9. The summed E-state index contributed by atoms with van der Waals surface area (Å²) in [6.07, 6.45) is 30.5. The minimum Gasteiger partial charge on any atom is -0.455 e. The van der Waals surface area contributed by atoms with E-state index in [4.69, 9.17) is 9.47 Å². The number of hydrogen-bond acceptors (Lipinski definition) is 5. The third-order valence-electron chi connectivity index (χ3n) is 8.98. The first-order valence-corrected chi connectivity index (χ1v) is 17.4. The smallest absolute Gasteiger partial charge is 0.334 e. The Morgan fingerprint density at radius 2 is 1.07 bits per heavy atom. The first-order chi connectivity index (χ1) is 19.5. The second kappa shape index (κ2) is 22.7. The Kier molecular flexibility index (Phi) is 20.0. The number of cyclic esters (lactones) is 1. The van der Waals surface area contributed by atoms with E-state index in [2.05, 4.69) is 6.92 Å². The van der Waals surface area contributed by atoms with Crippen LogP contribution in [-0.2, 0) is 14.3 Å². The van der Waals surface area contributed by atoms with Gasteiger partial charge in [0.15, 0.2) is 0 Å². The molecule has 1 fully saturated rings. The molecule has 2 N–H and O–H groups in total. The van der Waals surface area contributed by atoms with Crippen molar-refractivity contribution in [2.24, 2.45) is 0 Å². The number of rotatable bonds is 26. The van der Waals surface area contributed by atoms with Crippen LogP contribution in [0.4, 0.5) is 0 Å². The summed E-state index contributed by atoms with van der Waals surface area (Å²) in [4.78, 5) is 11.6. The quantitative estimate of drug-likeness (QED) is 0.0809. The fraction of sp³-hybridized carbons (Fsp3) is 0.914. The zero-order chi connectivity index (χ0) is 28.8. The first kappa shape index (κ1) is 35.3. The van der Waals surface area contributed by atoms with Crippen LogP contribution in [-0.4, -0.2) is 46.7 Å². The topological polar surface area (TPSA) is 76.0 Å². The van der Waals surface area contributed by atoms with Crippen LogP contribution in [0.2, 0.25) is 0 Å². The number of carbonyl (C=O) groups is 1.